The quantitative estimate of drug-likeness (QED) is 0.880. The molecule has 1 aliphatic rings. The van der Waals surface area contributed by atoms with Gasteiger partial charge in [-0.3, -0.25) is 4.79 Å². The van der Waals surface area contributed by atoms with Crippen LogP contribution < -0.4 is 10.1 Å². The molecule has 0 aromatic carbocycles. The van der Waals surface area contributed by atoms with Gasteiger partial charge in [0.05, 0.1) is 0 Å². The summed E-state index contributed by atoms with van der Waals surface area (Å²) >= 11 is 6.11. The van der Waals surface area contributed by atoms with Crippen LogP contribution in [-0.4, -0.2) is 27.1 Å². The first-order valence-electron chi connectivity index (χ1n) is 7.10. The highest BCUT2D eigenvalue weighted by Crippen LogP contribution is 2.36. The molecule has 2 unspecified atom stereocenters. The predicted molar refractivity (Wildman–Crippen MR) is 79.7 cm³/mol. The fourth-order valence-electron chi connectivity index (χ4n) is 2.90. The second-order valence-corrected chi connectivity index (χ2v) is 5.78. The zero-order chi connectivity index (χ0) is 14.8. The van der Waals surface area contributed by atoms with Crippen LogP contribution in [0.4, 0.5) is 5.69 Å². The van der Waals surface area contributed by atoms with E-state index in [1.54, 1.807) is 16.9 Å². The Morgan fingerprint density at radius 2 is 2.29 bits per heavy atom. The standard InChI is InChI=1S/C14H17ClN4O2/c1-9-4-2-3-5-10(9)17-11-12(21-8-20)13(15)18-19-7-6-16-14(11)19/h6-10,17H,2-5H2,1H3. The van der Waals surface area contributed by atoms with Crippen molar-refractivity contribution in [2.45, 2.75) is 38.6 Å². The fraction of sp³-hybridized carbons (Fsp3) is 0.500. The summed E-state index contributed by atoms with van der Waals surface area (Å²) < 4.78 is 6.61. The second-order valence-electron chi connectivity index (χ2n) is 5.42. The molecule has 112 valence electrons. The summed E-state index contributed by atoms with van der Waals surface area (Å²) in [7, 11) is 0. The largest absolute Gasteiger partial charge is 0.423 e. The van der Waals surface area contributed by atoms with E-state index in [1.807, 2.05) is 0 Å². The number of anilines is 1. The molecule has 1 N–H and O–H groups in total. The minimum Gasteiger partial charge on any atom is -0.423 e. The van der Waals surface area contributed by atoms with Gasteiger partial charge in [0.25, 0.3) is 6.47 Å². The van der Waals surface area contributed by atoms with Crippen molar-refractivity contribution < 1.29 is 9.53 Å². The topological polar surface area (TPSA) is 68.5 Å². The van der Waals surface area contributed by atoms with Gasteiger partial charge in [0.15, 0.2) is 16.5 Å². The van der Waals surface area contributed by atoms with Gasteiger partial charge in [-0.1, -0.05) is 31.4 Å². The minimum absolute atomic E-state index is 0.138. The third-order valence-electron chi connectivity index (χ3n) is 4.06. The molecule has 7 heteroatoms. The van der Waals surface area contributed by atoms with Gasteiger partial charge in [0.2, 0.25) is 0 Å². The third-order valence-corrected chi connectivity index (χ3v) is 4.31. The van der Waals surface area contributed by atoms with Crippen LogP contribution in [0.1, 0.15) is 32.6 Å². The van der Waals surface area contributed by atoms with Crippen molar-refractivity contribution in [1.82, 2.24) is 14.6 Å². The number of nitrogens with one attached hydrogen (secondary N) is 1. The summed E-state index contributed by atoms with van der Waals surface area (Å²) in [4.78, 5) is 15.0. The molecule has 1 fully saturated rings. The van der Waals surface area contributed by atoms with Gasteiger partial charge >= 0.3 is 0 Å². The predicted octanol–water partition coefficient (Wildman–Crippen LogP) is 2.91. The number of carbonyl (C=O) groups excluding carboxylic acids is 1. The Kier molecular flexibility index (Phi) is 3.96. The monoisotopic (exact) mass is 308 g/mol. The third kappa shape index (κ3) is 2.68. The Hall–Kier alpha value is -1.82. The summed E-state index contributed by atoms with van der Waals surface area (Å²) in [6.45, 7) is 2.58. The van der Waals surface area contributed by atoms with E-state index in [4.69, 9.17) is 16.3 Å². The molecule has 0 bridgehead atoms. The lowest BCUT2D eigenvalue weighted by molar-refractivity contribution is -0.120. The highest BCUT2D eigenvalue weighted by atomic mass is 35.5. The molecular weight excluding hydrogens is 292 g/mol. The molecule has 0 radical (unpaired) electrons. The van der Waals surface area contributed by atoms with Gasteiger partial charge in [-0.25, -0.2) is 9.50 Å². The van der Waals surface area contributed by atoms with Gasteiger partial charge in [-0.2, -0.15) is 5.10 Å². The molecule has 1 saturated carbocycles. The first kappa shape index (κ1) is 14.1. The van der Waals surface area contributed by atoms with E-state index in [0.717, 1.165) is 6.42 Å². The lowest BCUT2D eigenvalue weighted by atomic mass is 9.86. The van der Waals surface area contributed by atoms with E-state index >= 15 is 0 Å². The highest BCUT2D eigenvalue weighted by molar-refractivity contribution is 6.31. The number of hydrogen-bond donors (Lipinski definition) is 1. The molecule has 0 aliphatic heterocycles. The van der Waals surface area contributed by atoms with Crippen LogP contribution >= 0.6 is 11.6 Å². The normalized spacial score (nSPS) is 22.2. The number of fused-ring (bicyclic) bond motifs is 1. The fourth-order valence-corrected chi connectivity index (χ4v) is 3.12. The molecule has 3 rings (SSSR count). The van der Waals surface area contributed by atoms with Crippen LogP contribution in [0.2, 0.25) is 5.15 Å². The van der Waals surface area contributed by atoms with Crippen molar-refractivity contribution in [1.29, 1.82) is 0 Å². The van der Waals surface area contributed by atoms with Crippen LogP contribution in [0, 0.1) is 5.92 Å². The number of nitrogens with zero attached hydrogens (tertiary/aromatic N) is 3. The molecule has 0 amide bonds. The molecule has 2 atom stereocenters. The van der Waals surface area contributed by atoms with Crippen molar-refractivity contribution in [3.05, 3.63) is 17.5 Å². The maximum absolute atomic E-state index is 10.7. The Labute approximate surface area is 127 Å². The number of carbonyl (C=O) groups is 1. The number of hydrogen-bond acceptors (Lipinski definition) is 5. The van der Waals surface area contributed by atoms with Crippen LogP contribution in [0.3, 0.4) is 0 Å². The molecule has 2 aromatic rings. The summed E-state index contributed by atoms with van der Waals surface area (Å²) in [5.74, 6) is 0.785. The van der Waals surface area contributed by atoms with E-state index in [9.17, 15) is 4.79 Å². The summed E-state index contributed by atoms with van der Waals surface area (Å²) in [5, 5.41) is 7.72. The first-order chi connectivity index (χ1) is 10.2. The van der Waals surface area contributed by atoms with Crippen molar-refractivity contribution in [2.75, 3.05) is 5.32 Å². The molecule has 1 aliphatic carbocycles. The number of ether oxygens (including phenoxy) is 1. The molecular formula is C14H17ClN4O2. The zero-order valence-electron chi connectivity index (χ0n) is 11.8. The summed E-state index contributed by atoms with van der Waals surface area (Å²) in [5.41, 5.74) is 1.24. The number of halogens is 1. The maximum atomic E-state index is 10.7. The molecule has 2 heterocycles. The number of imidazole rings is 1. The minimum atomic E-state index is 0.138. The molecule has 0 saturated heterocycles. The average molecular weight is 309 g/mol. The first-order valence-corrected chi connectivity index (χ1v) is 7.48. The Morgan fingerprint density at radius 1 is 1.48 bits per heavy atom. The van der Waals surface area contributed by atoms with Crippen molar-refractivity contribution >= 4 is 29.4 Å². The molecule has 2 aromatic heterocycles. The van der Waals surface area contributed by atoms with E-state index in [-0.39, 0.29) is 10.9 Å². The number of aromatic nitrogens is 3. The average Bonchev–Trinajstić information content (AvgIpc) is 2.92. The summed E-state index contributed by atoms with van der Waals surface area (Å²) in [6, 6.07) is 0.312. The summed E-state index contributed by atoms with van der Waals surface area (Å²) in [6.07, 6.45) is 8.06. The smallest absolute Gasteiger partial charge is 0.298 e. The van der Waals surface area contributed by atoms with Crippen LogP contribution in [0.5, 0.6) is 5.75 Å². The van der Waals surface area contributed by atoms with E-state index in [1.165, 1.54) is 19.3 Å². The lowest BCUT2D eigenvalue weighted by Gasteiger charge is -2.30. The van der Waals surface area contributed by atoms with Crippen molar-refractivity contribution in [3.63, 3.8) is 0 Å². The van der Waals surface area contributed by atoms with Crippen LogP contribution in [-0.2, 0) is 4.79 Å². The van der Waals surface area contributed by atoms with Crippen molar-refractivity contribution in [2.24, 2.45) is 5.92 Å². The van der Waals surface area contributed by atoms with Gasteiger partial charge in [-0.15, -0.1) is 0 Å². The number of rotatable bonds is 4. The maximum Gasteiger partial charge on any atom is 0.298 e. The van der Waals surface area contributed by atoms with Crippen molar-refractivity contribution in [3.8, 4) is 5.75 Å². The zero-order valence-corrected chi connectivity index (χ0v) is 12.5. The van der Waals surface area contributed by atoms with Gasteiger partial charge < -0.3 is 10.1 Å². The Balaban J connectivity index is 2.03. The second kappa shape index (κ2) is 5.89. The molecule has 0 spiro atoms. The molecule has 6 nitrogen and oxygen atoms in total. The van der Waals surface area contributed by atoms with E-state index in [2.05, 4.69) is 22.3 Å². The van der Waals surface area contributed by atoms with Crippen LogP contribution in [0.15, 0.2) is 12.4 Å². The molecule has 21 heavy (non-hydrogen) atoms. The van der Waals surface area contributed by atoms with Crippen LogP contribution in [0.25, 0.3) is 5.65 Å². The van der Waals surface area contributed by atoms with E-state index < -0.39 is 0 Å². The highest BCUT2D eigenvalue weighted by Gasteiger charge is 2.25. The van der Waals surface area contributed by atoms with Gasteiger partial charge in [-0.05, 0) is 18.8 Å². The SMILES string of the molecule is CC1CCCCC1Nc1c(OC=O)c(Cl)nn2ccnc12. The van der Waals surface area contributed by atoms with Gasteiger partial charge in [0.1, 0.15) is 5.69 Å². The van der Waals surface area contributed by atoms with Gasteiger partial charge in [0, 0.05) is 18.4 Å². The Morgan fingerprint density at radius 3 is 3.05 bits per heavy atom. The van der Waals surface area contributed by atoms with E-state index in [0.29, 0.717) is 29.8 Å². The Bertz CT molecular complexity index is 658. The lowest BCUT2D eigenvalue weighted by Crippen LogP contribution is -2.30.